The van der Waals surface area contributed by atoms with Crippen molar-refractivity contribution in [2.24, 2.45) is 11.7 Å². The number of ether oxygens (including phenoxy) is 2. The molecule has 2 rings (SSSR count). The minimum atomic E-state index is -1.12. The van der Waals surface area contributed by atoms with Crippen LogP contribution in [0.3, 0.4) is 0 Å². The van der Waals surface area contributed by atoms with Crippen molar-refractivity contribution >= 4 is 35.4 Å². The summed E-state index contributed by atoms with van der Waals surface area (Å²) in [4.78, 5) is 74.7. The van der Waals surface area contributed by atoms with Crippen LogP contribution in [-0.4, -0.2) is 109 Å². The fourth-order valence-electron chi connectivity index (χ4n) is 5.52. The van der Waals surface area contributed by atoms with Crippen LogP contribution < -0.4 is 21.7 Å². The Morgan fingerprint density at radius 1 is 0.900 bits per heavy atom. The van der Waals surface area contributed by atoms with E-state index in [2.05, 4.69) is 40.2 Å². The van der Waals surface area contributed by atoms with Gasteiger partial charge in [0.1, 0.15) is 6.04 Å². The molecule has 1 fully saturated rings. The first-order valence-corrected chi connectivity index (χ1v) is 17.6. The molecule has 0 bridgehead atoms. The average Bonchev–Trinajstić information content (AvgIpc) is 3.49. The fraction of sp³-hybridized carbons (Fsp3) is 0.667. The summed E-state index contributed by atoms with van der Waals surface area (Å²) in [6.07, 6.45) is 3.78. The highest BCUT2D eigenvalue weighted by molar-refractivity contribution is 5.91. The maximum absolute atomic E-state index is 12.7. The number of aliphatic carboxylic acids is 1. The van der Waals surface area contributed by atoms with Gasteiger partial charge in [0.25, 0.3) is 0 Å². The number of rotatable bonds is 24. The zero-order valence-electron chi connectivity index (χ0n) is 30.0. The molecule has 280 valence electrons. The van der Waals surface area contributed by atoms with Gasteiger partial charge in [-0.25, -0.2) is 4.79 Å². The average molecular weight is 704 g/mol. The number of nitrogens with two attached hydrogens (primary N) is 1. The second kappa shape index (κ2) is 22.8. The van der Waals surface area contributed by atoms with E-state index in [0.717, 1.165) is 12.8 Å². The zero-order chi connectivity index (χ0) is 37.1. The molecule has 1 saturated heterocycles. The van der Waals surface area contributed by atoms with Crippen LogP contribution in [0.25, 0.3) is 0 Å². The summed E-state index contributed by atoms with van der Waals surface area (Å²) < 4.78 is 10.8. The van der Waals surface area contributed by atoms with E-state index < -0.39 is 30.0 Å². The molecule has 0 aromatic heterocycles. The van der Waals surface area contributed by atoms with Gasteiger partial charge in [-0.15, -0.1) is 0 Å². The number of carbonyl (C=O) groups excluding carboxylic acids is 5. The number of unbranched alkanes of at least 4 members (excludes halogenated alkanes) is 1. The number of likely N-dealkylation sites (tertiary alicyclic amines) is 1. The molecule has 4 atom stereocenters. The second-order valence-electron chi connectivity index (χ2n) is 13.3. The first kappa shape index (κ1) is 42.3. The number of amides is 4. The molecule has 1 aliphatic heterocycles. The van der Waals surface area contributed by atoms with Gasteiger partial charge in [0, 0.05) is 38.4 Å². The summed E-state index contributed by atoms with van der Waals surface area (Å²) in [5.74, 6) is -2.38. The van der Waals surface area contributed by atoms with Crippen molar-refractivity contribution in [3.05, 3.63) is 35.4 Å². The van der Waals surface area contributed by atoms with E-state index in [0.29, 0.717) is 32.2 Å². The molecule has 14 heteroatoms. The molecule has 0 spiro atoms. The quantitative estimate of drug-likeness (QED) is 0.0985. The van der Waals surface area contributed by atoms with Crippen molar-refractivity contribution < 1.29 is 43.3 Å². The van der Waals surface area contributed by atoms with Crippen LogP contribution in [0.1, 0.15) is 83.3 Å². The highest BCUT2D eigenvalue weighted by Crippen LogP contribution is 2.21. The maximum atomic E-state index is 12.7. The first-order valence-electron chi connectivity index (χ1n) is 17.6. The van der Waals surface area contributed by atoms with Gasteiger partial charge in [-0.3, -0.25) is 24.0 Å². The zero-order valence-corrected chi connectivity index (χ0v) is 30.0. The predicted octanol–water partition coefficient (Wildman–Crippen LogP) is 1.65. The lowest BCUT2D eigenvalue weighted by Gasteiger charge is -2.27. The van der Waals surface area contributed by atoms with Crippen LogP contribution in [0.15, 0.2) is 24.3 Å². The molecule has 0 saturated carbocycles. The molecule has 4 unspecified atom stereocenters. The Bertz CT molecular complexity index is 1260. The smallest absolute Gasteiger partial charge is 0.326 e. The van der Waals surface area contributed by atoms with Crippen molar-refractivity contribution in [2.45, 2.75) is 110 Å². The van der Waals surface area contributed by atoms with E-state index in [1.54, 1.807) is 0 Å². The normalized spacial score (nSPS) is 16.9. The number of nitrogens with zero attached hydrogens (tertiary/aromatic N) is 1. The highest BCUT2D eigenvalue weighted by atomic mass is 16.5. The lowest BCUT2D eigenvalue weighted by molar-refractivity contribution is -0.142. The summed E-state index contributed by atoms with van der Waals surface area (Å²) in [5.41, 5.74) is 8.40. The first-order chi connectivity index (χ1) is 23.8. The van der Waals surface area contributed by atoms with Crippen LogP contribution in [0.4, 0.5) is 0 Å². The molecule has 1 heterocycles. The van der Waals surface area contributed by atoms with Gasteiger partial charge >= 0.3 is 5.97 Å². The third kappa shape index (κ3) is 16.2. The Labute approximate surface area is 295 Å². The number of carboxylic acids is 1. The number of aryl methyl sites for hydroxylation is 2. The molecule has 1 aromatic carbocycles. The van der Waals surface area contributed by atoms with Crippen LogP contribution in [0.5, 0.6) is 0 Å². The minimum absolute atomic E-state index is 0.0188. The van der Waals surface area contributed by atoms with Crippen LogP contribution >= 0.6 is 0 Å². The molecular weight excluding hydrogens is 646 g/mol. The molecule has 4 amide bonds. The monoisotopic (exact) mass is 703 g/mol. The molecule has 6 N–H and O–H groups in total. The molecular formula is C36H57N5O9. The van der Waals surface area contributed by atoms with Gasteiger partial charge in [-0.1, -0.05) is 43.7 Å². The third-order valence-electron chi connectivity index (χ3n) is 8.61. The number of ketones is 1. The summed E-state index contributed by atoms with van der Waals surface area (Å²) in [7, 11) is 0. The number of benzene rings is 1. The third-order valence-corrected chi connectivity index (χ3v) is 8.61. The number of hydrogen-bond acceptors (Lipinski definition) is 9. The van der Waals surface area contributed by atoms with Gasteiger partial charge < -0.3 is 41.2 Å². The lowest BCUT2D eigenvalue weighted by atomic mass is 10.0. The molecule has 0 radical (unpaired) electrons. The molecule has 50 heavy (non-hydrogen) atoms. The van der Waals surface area contributed by atoms with Crippen molar-refractivity contribution in [2.75, 3.05) is 39.5 Å². The topological polar surface area (TPSA) is 206 Å². The van der Waals surface area contributed by atoms with Crippen molar-refractivity contribution in [1.29, 1.82) is 0 Å². The van der Waals surface area contributed by atoms with Gasteiger partial charge in [-0.05, 0) is 63.9 Å². The summed E-state index contributed by atoms with van der Waals surface area (Å²) in [6.45, 7) is 8.40. The summed E-state index contributed by atoms with van der Waals surface area (Å²) in [5, 5.41) is 17.7. The SMILES string of the molecule is CC(=O)C1CC(NC(=O)CCOCCOCCC(=O)NC(CCCCNC(=O)CCCc2ccc(C)cc2)C(=O)O)CN1C(=O)C(N)C(C)C. The number of carbonyl (C=O) groups is 6. The van der Waals surface area contributed by atoms with Gasteiger partial charge in [-0.2, -0.15) is 0 Å². The van der Waals surface area contributed by atoms with Crippen LogP contribution in [0.2, 0.25) is 0 Å². The van der Waals surface area contributed by atoms with Gasteiger partial charge in [0.2, 0.25) is 23.6 Å². The van der Waals surface area contributed by atoms with Crippen LogP contribution in [-0.2, 0) is 44.7 Å². The summed E-state index contributed by atoms with van der Waals surface area (Å²) in [6, 6.07) is 5.54. The van der Waals surface area contributed by atoms with Gasteiger partial charge in [0.05, 0.1) is 38.5 Å². The van der Waals surface area contributed by atoms with E-state index in [-0.39, 0.29) is 87.7 Å². The van der Waals surface area contributed by atoms with Crippen molar-refractivity contribution in [3.63, 3.8) is 0 Å². The predicted molar refractivity (Wildman–Crippen MR) is 187 cm³/mol. The molecule has 1 aliphatic rings. The standard InChI is InChI=1S/C36H57N5O9/c1-24(2)34(37)35(46)41-23-28(22-30(41)26(4)42)39-32(44)15-18-49-20-21-50-19-16-33(45)40-29(36(47)48)9-5-6-17-38-31(43)10-7-8-27-13-11-25(3)12-14-27/h11-14,24,28-30,34H,5-10,15-23,37H2,1-4H3,(H,38,43)(H,39,44)(H,40,45)(H,47,48). The Balaban J connectivity index is 1.51. The molecule has 1 aromatic rings. The molecule has 0 aliphatic carbocycles. The minimum Gasteiger partial charge on any atom is -0.480 e. The largest absolute Gasteiger partial charge is 0.480 e. The Morgan fingerprint density at radius 2 is 1.54 bits per heavy atom. The maximum Gasteiger partial charge on any atom is 0.326 e. The van der Waals surface area contributed by atoms with Crippen molar-refractivity contribution in [1.82, 2.24) is 20.9 Å². The lowest BCUT2D eigenvalue weighted by Crippen LogP contribution is -2.50. The van der Waals surface area contributed by atoms with E-state index in [1.165, 1.54) is 23.0 Å². The van der Waals surface area contributed by atoms with E-state index in [9.17, 15) is 33.9 Å². The van der Waals surface area contributed by atoms with Gasteiger partial charge in [0.15, 0.2) is 5.78 Å². The number of nitrogens with one attached hydrogen (secondary N) is 3. The van der Waals surface area contributed by atoms with E-state index >= 15 is 0 Å². The Morgan fingerprint density at radius 3 is 2.14 bits per heavy atom. The number of Topliss-reactive ketones (excluding diaryl/α,β-unsaturated/α-hetero) is 1. The Kier molecular flexibility index (Phi) is 19.2. The van der Waals surface area contributed by atoms with Crippen LogP contribution in [0, 0.1) is 12.8 Å². The second-order valence-corrected chi connectivity index (χ2v) is 13.3. The van der Waals surface area contributed by atoms with E-state index in [4.69, 9.17) is 15.2 Å². The summed E-state index contributed by atoms with van der Waals surface area (Å²) >= 11 is 0. The van der Waals surface area contributed by atoms with Crippen molar-refractivity contribution in [3.8, 4) is 0 Å². The number of hydrogen-bond donors (Lipinski definition) is 5. The fourth-order valence-corrected chi connectivity index (χ4v) is 5.52. The Hall–Kier alpha value is -3.88. The highest BCUT2D eigenvalue weighted by Gasteiger charge is 2.40. The van der Waals surface area contributed by atoms with E-state index in [1.807, 2.05) is 20.8 Å². The molecule has 14 nitrogen and oxygen atoms in total. The number of carboxylic acid groups (broad SMARTS) is 1.